The summed E-state index contributed by atoms with van der Waals surface area (Å²) < 4.78 is 4.56. The van der Waals surface area contributed by atoms with E-state index in [-0.39, 0.29) is 0 Å². The van der Waals surface area contributed by atoms with Crippen LogP contribution >= 0.6 is 0 Å². The van der Waals surface area contributed by atoms with Crippen molar-refractivity contribution in [2.24, 2.45) is 0 Å². The molecule has 0 unspecified atom stereocenters. The van der Waals surface area contributed by atoms with Gasteiger partial charge in [0.05, 0.1) is 68.0 Å². The van der Waals surface area contributed by atoms with Gasteiger partial charge in [-0.1, -0.05) is 133 Å². The van der Waals surface area contributed by atoms with E-state index in [1.807, 2.05) is 54.6 Å². The summed E-state index contributed by atoms with van der Waals surface area (Å²) in [5, 5.41) is 34.5. The van der Waals surface area contributed by atoms with Crippen LogP contribution in [-0.2, 0) is 0 Å². The number of benzene rings is 9. The van der Waals surface area contributed by atoms with E-state index in [1.54, 1.807) is 18.2 Å². The van der Waals surface area contributed by atoms with E-state index < -0.39 is 0 Å². The first-order valence-electron chi connectivity index (χ1n) is 22.2. The summed E-state index contributed by atoms with van der Waals surface area (Å²) in [4.78, 5) is 9.83. The van der Waals surface area contributed by atoms with E-state index in [2.05, 4.69) is 167 Å². The fourth-order valence-corrected chi connectivity index (χ4v) is 9.60. The summed E-state index contributed by atoms with van der Waals surface area (Å²) in [5.74, 6) is 0.490. The fourth-order valence-electron chi connectivity index (χ4n) is 9.60. The summed E-state index contributed by atoms with van der Waals surface area (Å²) in [6.07, 6.45) is 0. The van der Waals surface area contributed by atoms with E-state index in [1.165, 1.54) is 10.8 Å². The summed E-state index contributed by atoms with van der Waals surface area (Å²) in [6.45, 7) is 0. The van der Waals surface area contributed by atoms with E-state index in [0.717, 1.165) is 88.9 Å². The molecule has 3 aromatic heterocycles. The largest absolute Gasteiger partial charge is 0.309 e. The first kappa shape index (κ1) is 39.7. The summed E-state index contributed by atoms with van der Waals surface area (Å²) in [6, 6.07) is 78.6. The maximum Gasteiger partial charge on any atom is 0.160 e. The number of fused-ring (bicyclic) bond motifs is 6. The van der Waals surface area contributed by atoms with Crippen LogP contribution in [0, 0.1) is 34.0 Å². The second kappa shape index (κ2) is 16.3. The summed E-state index contributed by atoms with van der Waals surface area (Å²) in [5.41, 5.74) is 15.8. The second-order valence-electron chi connectivity index (χ2n) is 16.8. The zero-order valence-corrected chi connectivity index (χ0v) is 36.3. The van der Waals surface area contributed by atoms with Crippen LogP contribution in [-0.4, -0.2) is 19.1 Å². The van der Waals surface area contributed by atoms with Crippen LogP contribution in [0.25, 0.3) is 111 Å². The molecule has 0 aliphatic heterocycles. The van der Waals surface area contributed by atoms with Crippen molar-refractivity contribution in [1.82, 2.24) is 19.1 Å². The lowest BCUT2D eigenvalue weighted by Gasteiger charge is -2.13. The molecular weight excluding hydrogens is 831 g/mol. The van der Waals surface area contributed by atoms with E-state index in [4.69, 9.17) is 9.97 Å². The van der Waals surface area contributed by atoms with Gasteiger partial charge in [-0.2, -0.15) is 15.8 Å². The molecule has 0 amide bonds. The van der Waals surface area contributed by atoms with Crippen molar-refractivity contribution < 1.29 is 0 Å². The monoisotopic (exact) mass is 865 g/mol. The highest BCUT2D eigenvalue weighted by molar-refractivity contribution is 6.12. The second-order valence-corrected chi connectivity index (χ2v) is 16.8. The molecule has 0 fully saturated rings. The quantitative estimate of drug-likeness (QED) is 0.159. The maximum atomic E-state index is 10.7. The molecule has 0 saturated heterocycles. The highest BCUT2D eigenvalue weighted by Gasteiger charge is 2.19. The molecule has 0 saturated carbocycles. The first-order chi connectivity index (χ1) is 33.5. The van der Waals surface area contributed by atoms with Gasteiger partial charge in [0.2, 0.25) is 0 Å². The molecule has 0 atom stereocenters. The van der Waals surface area contributed by atoms with Crippen molar-refractivity contribution in [2.45, 2.75) is 0 Å². The van der Waals surface area contributed by atoms with Crippen LogP contribution in [0.1, 0.15) is 16.7 Å². The zero-order chi connectivity index (χ0) is 45.7. The molecule has 7 heteroatoms. The molecule has 0 aliphatic carbocycles. The fraction of sp³-hybridized carbons (Fsp3) is 0. The van der Waals surface area contributed by atoms with Gasteiger partial charge in [0.1, 0.15) is 6.07 Å². The van der Waals surface area contributed by atoms with Gasteiger partial charge in [-0.05, 0) is 101 Å². The molecule has 7 nitrogen and oxygen atoms in total. The Morgan fingerprint density at radius 3 is 1.41 bits per heavy atom. The Labute approximate surface area is 391 Å². The Morgan fingerprint density at radius 2 is 0.809 bits per heavy atom. The molecule has 9 aromatic carbocycles. The molecule has 0 radical (unpaired) electrons. The SMILES string of the molecule is N#Cc1cccc(-c2cc(-c3ccc(-c4ccc(-c5ccc(-n6c7ccccc7c7cc(-n8c9ccccc9c9ccccc98)ccc76)c(C#N)c5)cc4)cc3)nc(-c3cccc(C#N)c3)n2)c1. The van der Waals surface area contributed by atoms with Gasteiger partial charge >= 0.3 is 0 Å². The van der Waals surface area contributed by atoms with Crippen LogP contribution < -0.4 is 0 Å². The average Bonchev–Trinajstić information content (AvgIpc) is 3.93. The summed E-state index contributed by atoms with van der Waals surface area (Å²) >= 11 is 0. The van der Waals surface area contributed by atoms with E-state index >= 15 is 0 Å². The standard InChI is InChI=1S/C61H35N7/c62-36-39-9-7-11-46(31-39)55-35-54(65-61(66-55)47-12-8-10-40(32-47)37-63)44-25-23-42(24-26-44)41-19-21-43(22-20-41)45-27-29-56(48(33-45)38-64)68-59-18-6-3-15-52(59)53-34-49(28-30-60(53)68)67-57-16-4-1-13-50(57)51-14-2-5-17-58(51)67/h1-35H. The van der Waals surface area contributed by atoms with Crippen LogP contribution in [0.15, 0.2) is 212 Å². The molecule has 0 aliphatic rings. The number of nitriles is 3. The highest BCUT2D eigenvalue weighted by atomic mass is 15.0. The number of hydrogen-bond donors (Lipinski definition) is 0. The number of aromatic nitrogens is 4. The topological polar surface area (TPSA) is 107 Å². The Bertz CT molecular complexity index is 3990. The number of nitrogens with zero attached hydrogens (tertiary/aromatic N) is 7. The van der Waals surface area contributed by atoms with Gasteiger partial charge in [0.15, 0.2) is 5.82 Å². The van der Waals surface area contributed by atoms with Gasteiger partial charge in [-0.3, -0.25) is 0 Å². The minimum atomic E-state index is 0.490. The van der Waals surface area contributed by atoms with Crippen molar-refractivity contribution in [3.63, 3.8) is 0 Å². The summed E-state index contributed by atoms with van der Waals surface area (Å²) in [7, 11) is 0. The molecule has 0 N–H and O–H groups in total. The Morgan fingerprint density at radius 1 is 0.324 bits per heavy atom. The van der Waals surface area contributed by atoms with Gasteiger partial charge < -0.3 is 9.13 Å². The minimum Gasteiger partial charge on any atom is -0.309 e. The lowest BCUT2D eigenvalue weighted by atomic mass is 9.97. The molecule has 12 rings (SSSR count). The normalized spacial score (nSPS) is 11.2. The molecule has 314 valence electrons. The zero-order valence-electron chi connectivity index (χ0n) is 36.3. The average molecular weight is 866 g/mol. The van der Waals surface area contributed by atoms with Crippen LogP contribution in [0.5, 0.6) is 0 Å². The molecule has 12 aromatic rings. The van der Waals surface area contributed by atoms with Crippen molar-refractivity contribution in [3.8, 4) is 85.7 Å². The van der Waals surface area contributed by atoms with E-state index in [9.17, 15) is 15.8 Å². The van der Waals surface area contributed by atoms with Gasteiger partial charge in [-0.15, -0.1) is 0 Å². The van der Waals surface area contributed by atoms with Gasteiger partial charge in [0.25, 0.3) is 0 Å². The minimum absolute atomic E-state index is 0.490. The van der Waals surface area contributed by atoms with Gasteiger partial charge in [-0.25, -0.2) is 9.97 Å². The third-order valence-corrected chi connectivity index (χ3v) is 12.8. The van der Waals surface area contributed by atoms with Crippen LogP contribution in [0.4, 0.5) is 0 Å². The Kier molecular flexibility index (Phi) is 9.51. The molecule has 0 spiro atoms. The Hall–Kier alpha value is -9.87. The predicted octanol–water partition coefficient (Wildman–Crippen LogP) is 14.6. The highest BCUT2D eigenvalue weighted by Crippen LogP contribution is 2.39. The third-order valence-electron chi connectivity index (χ3n) is 12.8. The third kappa shape index (κ3) is 6.74. The molecule has 68 heavy (non-hydrogen) atoms. The van der Waals surface area contributed by atoms with Crippen LogP contribution in [0.2, 0.25) is 0 Å². The Balaban J connectivity index is 0.861. The van der Waals surface area contributed by atoms with Gasteiger partial charge in [0, 0.05) is 43.9 Å². The smallest absolute Gasteiger partial charge is 0.160 e. The van der Waals surface area contributed by atoms with E-state index in [0.29, 0.717) is 28.2 Å². The molecule has 0 bridgehead atoms. The number of hydrogen-bond acceptors (Lipinski definition) is 5. The van der Waals surface area contributed by atoms with Crippen molar-refractivity contribution in [3.05, 3.63) is 229 Å². The van der Waals surface area contributed by atoms with Crippen molar-refractivity contribution in [1.29, 1.82) is 15.8 Å². The maximum absolute atomic E-state index is 10.7. The predicted molar refractivity (Wildman–Crippen MR) is 272 cm³/mol. The van der Waals surface area contributed by atoms with Crippen molar-refractivity contribution >= 4 is 43.6 Å². The van der Waals surface area contributed by atoms with Crippen LogP contribution in [0.3, 0.4) is 0 Å². The van der Waals surface area contributed by atoms with Crippen molar-refractivity contribution in [2.75, 3.05) is 0 Å². The number of para-hydroxylation sites is 3. The lowest BCUT2D eigenvalue weighted by molar-refractivity contribution is 1.16. The number of rotatable bonds is 7. The lowest BCUT2D eigenvalue weighted by Crippen LogP contribution is -1.98. The first-order valence-corrected chi connectivity index (χ1v) is 22.2. The molecular formula is C61H35N7. The molecule has 3 heterocycles.